The van der Waals surface area contributed by atoms with Crippen LogP contribution >= 0.6 is 0 Å². The first-order chi connectivity index (χ1) is 6.75. The van der Waals surface area contributed by atoms with Gasteiger partial charge in [-0.05, 0) is 6.07 Å². The van der Waals surface area contributed by atoms with Crippen LogP contribution in [-0.2, 0) is 0 Å². The van der Waals surface area contributed by atoms with Crippen LogP contribution in [0, 0.1) is 5.82 Å². The van der Waals surface area contributed by atoms with Crippen LogP contribution in [0.1, 0.15) is 0 Å². The molecule has 14 heavy (non-hydrogen) atoms. The average Bonchev–Trinajstić information content (AvgIpc) is 2.19. The standard InChI is InChI=1S/C9H6FN3O/c10-7-1-6(2-11-3-7)8-4-13-9(14)5-12-8/h1-5H,(H,13,14). The Hall–Kier alpha value is -2.04. The van der Waals surface area contributed by atoms with Crippen molar-refractivity contribution in [3.63, 3.8) is 0 Å². The number of rotatable bonds is 1. The maximum absolute atomic E-state index is 12.8. The molecular weight excluding hydrogens is 185 g/mol. The molecule has 0 radical (unpaired) electrons. The maximum atomic E-state index is 12.8. The molecule has 0 aromatic carbocycles. The highest BCUT2D eigenvalue weighted by Gasteiger charge is 2.00. The van der Waals surface area contributed by atoms with Crippen LogP contribution < -0.4 is 5.56 Å². The predicted octanol–water partition coefficient (Wildman–Crippen LogP) is 0.971. The van der Waals surface area contributed by atoms with Gasteiger partial charge in [0.05, 0.1) is 18.1 Å². The van der Waals surface area contributed by atoms with Crippen molar-refractivity contribution in [1.82, 2.24) is 15.0 Å². The van der Waals surface area contributed by atoms with E-state index in [1.807, 2.05) is 0 Å². The summed E-state index contributed by atoms with van der Waals surface area (Å²) in [5, 5.41) is 0. The van der Waals surface area contributed by atoms with E-state index in [1.165, 1.54) is 18.5 Å². The number of nitrogens with one attached hydrogen (secondary N) is 1. The van der Waals surface area contributed by atoms with E-state index in [0.29, 0.717) is 11.3 Å². The van der Waals surface area contributed by atoms with Gasteiger partial charge in [0.1, 0.15) is 5.82 Å². The minimum Gasteiger partial charge on any atom is -0.326 e. The second kappa shape index (κ2) is 3.37. The van der Waals surface area contributed by atoms with Gasteiger partial charge in [-0.1, -0.05) is 0 Å². The van der Waals surface area contributed by atoms with Crippen LogP contribution in [0.5, 0.6) is 0 Å². The molecule has 0 saturated heterocycles. The molecule has 0 bridgehead atoms. The molecular formula is C9H6FN3O. The Morgan fingerprint density at radius 2 is 2.14 bits per heavy atom. The summed E-state index contributed by atoms with van der Waals surface area (Å²) < 4.78 is 12.8. The molecule has 2 heterocycles. The highest BCUT2D eigenvalue weighted by molar-refractivity contribution is 5.55. The maximum Gasteiger partial charge on any atom is 0.266 e. The van der Waals surface area contributed by atoms with E-state index in [1.54, 1.807) is 0 Å². The number of nitrogens with zero attached hydrogens (tertiary/aromatic N) is 2. The summed E-state index contributed by atoms with van der Waals surface area (Å²) >= 11 is 0. The van der Waals surface area contributed by atoms with Crippen LogP contribution in [0.2, 0.25) is 0 Å². The molecule has 4 nitrogen and oxygen atoms in total. The predicted molar refractivity (Wildman–Crippen MR) is 48.0 cm³/mol. The van der Waals surface area contributed by atoms with Crippen molar-refractivity contribution in [3.8, 4) is 11.3 Å². The largest absolute Gasteiger partial charge is 0.326 e. The normalized spacial score (nSPS) is 10.1. The third-order valence-electron chi connectivity index (χ3n) is 1.67. The summed E-state index contributed by atoms with van der Waals surface area (Å²) in [7, 11) is 0. The molecule has 2 rings (SSSR count). The first-order valence-corrected chi connectivity index (χ1v) is 3.91. The summed E-state index contributed by atoms with van der Waals surface area (Å²) in [5.41, 5.74) is 0.718. The molecule has 0 aliphatic carbocycles. The molecule has 0 saturated carbocycles. The van der Waals surface area contributed by atoms with Crippen molar-refractivity contribution in [2.75, 3.05) is 0 Å². The lowest BCUT2D eigenvalue weighted by atomic mass is 10.2. The van der Waals surface area contributed by atoms with Gasteiger partial charge in [-0.3, -0.25) is 9.78 Å². The Kier molecular flexibility index (Phi) is 2.06. The topological polar surface area (TPSA) is 58.6 Å². The fraction of sp³-hybridized carbons (Fsp3) is 0. The summed E-state index contributed by atoms with van der Waals surface area (Å²) in [4.78, 5) is 20.7. The molecule has 0 amide bonds. The monoisotopic (exact) mass is 191 g/mol. The Morgan fingerprint density at radius 1 is 1.29 bits per heavy atom. The van der Waals surface area contributed by atoms with Gasteiger partial charge in [0, 0.05) is 18.0 Å². The lowest BCUT2D eigenvalue weighted by Crippen LogP contribution is -2.04. The minimum atomic E-state index is -0.435. The number of halogens is 1. The Morgan fingerprint density at radius 3 is 2.79 bits per heavy atom. The second-order valence-corrected chi connectivity index (χ2v) is 2.69. The van der Waals surface area contributed by atoms with E-state index >= 15 is 0 Å². The summed E-state index contributed by atoms with van der Waals surface area (Å²) in [5.74, 6) is -0.435. The first kappa shape index (κ1) is 8.55. The lowest BCUT2D eigenvalue weighted by Gasteiger charge is -1.97. The third kappa shape index (κ3) is 1.66. The summed E-state index contributed by atoms with van der Waals surface area (Å²) in [6.45, 7) is 0. The van der Waals surface area contributed by atoms with Crippen molar-refractivity contribution in [1.29, 1.82) is 0 Å². The molecule has 0 atom stereocenters. The summed E-state index contributed by atoms with van der Waals surface area (Å²) in [6.07, 6.45) is 5.14. The van der Waals surface area contributed by atoms with E-state index in [0.717, 1.165) is 12.4 Å². The Balaban J connectivity index is 2.49. The van der Waals surface area contributed by atoms with Crippen LogP contribution in [-0.4, -0.2) is 15.0 Å². The van der Waals surface area contributed by atoms with Crippen LogP contribution in [0.15, 0.2) is 35.6 Å². The summed E-state index contributed by atoms with van der Waals surface area (Å²) in [6, 6.07) is 1.30. The zero-order valence-corrected chi connectivity index (χ0v) is 7.07. The van der Waals surface area contributed by atoms with Gasteiger partial charge in [-0.15, -0.1) is 0 Å². The van der Waals surface area contributed by atoms with Crippen LogP contribution in [0.4, 0.5) is 4.39 Å². The van der Waals surface area contributed by atoms with Gasteiger partial charge in [-0.25, -0.2) is 9.37 Å². The molecule has 0 aliphatic heterocycles. The third-order valence-corrected chi connectivity index (χ3v) is 1.67. The van der Waals surface area contributed by atoms with E-state index in [9.17, 15) is 9.18 Å². The van der Waals surface area contributed by atoms with Crippen molar-refractivity contribution in [2.24, 2.45) is 0 Å². The number of pyridine rings is 1. The van der Waals surface area contributed by atoms with Crippen molar-refractivity contribution in [2.45, 2.75) is 0 Å². The van der Waals surface area contributed by atoms with Gasteiger partial charge in [0.2, 0.25) is 0 Å². The molecule has 2 aromatic heterocycles. The average molecular weight is 191 g/mol. The smallest absolute Gasteiger partial charge is 0.266 e. The Bertz CT molecular complexity index is 489. The quantitative estimate of drug-likeness (QED) is 0.730. The van der Waals surface area contributed by atoms with Gasteiger partial charge in [0.25, 0.3) is 5.56 Å². The highest BCUT2D eigenvalue weighted by Crippen LogP contribution is 2.13. The minimum absolute atomic E-state index is 0.293. The molecule has 0 unspecified atom stereocenters. The van der Waals surface area contributed by atoms with Crippen molar-refractivity contribution in [3.05, 3.63) is 47.0 Å². The van der Waals surface area contributed by atoms with Gasteiger partial charge >= 0.3 is 0 Å². The zero-order valence-electron chi connectivity index (χ0n) is 7.07. The number of hydrogen-bond acceptors (Lipinski definition) is 3. The molecule has 0 fully saturated rings. The van der Waals surface area contributed by atoms with Gasteiger partial charge in [-0.2, -0.15) is 0 Å². The molecule has 2 aromatic rings. The van der Waals surface area contributed by atoms with Crippen LogP contribution in [0.25, 0.3) is 11.3 Å². The fourth-order valence-corrected chi connectivity index (χ4v) is 1.05. The highest BCUT2D eigenvalue weighted by atomic mass is 19.1. The molecule has 0 spiro atoms. The molecule has 5 heteroatoms. The fourth-order valence-electron chi connectivity index (χ4n) is 1.05. The van der Waals surface area contributed by atoms with Crippen molar-refractivity contribution < 1.29 is 4.39 Å². The first-order valence-electron chi connectivity index (χ1n) is 3.91. The van der Waals surface area contributed by atoms with E-state index in [2.05, 4.69) is 15.0 Å². The number of aromatic nitrogens is 3. The molecule has 1 N–H and O–H groups in total. The number of hydrogen-bond donors (Lipinski definition) is 1. The molecule has 0 aliphatic rings. The van der Waals surface area contributed by atoms with E-state index in [-0.39, 0.29) is 5.56 Å². The second-order valence-electron chi connectivity index (χ2n) is 2.69. The zero-order chi connectivity index (χ0) is 9.97. The van der Waals surface area contributed by atoms with Gasteiger partial charge < -0.3 is 4.98 Å². The van der Waals surface area contributed by atoms with Crippen LogP contribution in [0.3, 0.4) is 0 Å². The van der Waals surface area contributed by atoms with Gasteiger partial charge in [0.15, 0.2) is 0 Å². The number of aromatic amines is 1. The molecule has 70 valence electrons. The SMILES string of the molecule is O=c1cnc(-c2cncc(F)c2)c[nH]1. The number of H-pyrrole nitrogens is 1. The van der Waals surface area contributed by atoms with Crippen molar-refractivity contribution >= 4 is 0 Å². The van der Waals surface area contributed by atoms with E-state index < -0.39 is 5.82 Å². The lowest BCUT2D eigenvalue weighted by molar-refractivity contribution is 0.622. The Labute approximate surface area is 78.5 Å². The van der Waals surface area contributed by atoms with E-state index in [4.69, 9.17) is 0 Å².